The van der Waals surface area contributed by atoms with Gasteiger partial charge in [0.25, 0.3) is 0 Å². The van der Waals surface area contributed by atoms with Gasteiger partial charge in [-0.3, -0.25) is 0 Å². The molecule has 0 spiro atoms. The van der Waals surface area contributed by atoms with Crippen molar-refractivity contribution in [1.82, 2.24) is 0 Å². The van der Waals surface area contributed by atoms with E-state index >= 15 is 0 Å². The Hall–Kier alpha value is -1.12. The highest BCUT2D eigenvalue weighted by Gasteiger charge is 2.24. The van der Waals surface area contributed by atoms with Crippen LogP contribution in [0.3, 0.4) is 0 Å². The lowest BCUT2D eigenvalue weighted by Crippen LogP contribution is -2.10. The zero-order valence-corrected chi connectivity index (χ0v) is 14.1. The van der Waals surface area contributed by atoms with Crippen molar-refractivity contribution in [2.24, 2.45) is 0 Å². The molecule has 0 radical (unpaired) electrons. The van der Waals surface area contributed by atoms with E-state index in [1.54, 1.807) is 0 Å². The predicted octanol–water partition coefficient (Wildman–Crippen LogP) is 6.18. The van der Waals surface area contributed by atoms with E-state index in [0.717, 1.165) is 6.42 Å². The Balaban J connectivity index is 2.08. The highest BCUT2D eigenvalue weighted by molar-refractivity contribution is 9.25. The van der Waals surface area contributed by atoms with Crippen LogP contribution >= 0.6 is 31.9 Å². The minimum atomic E-state index is -0.131. The summed E-state index contributed by atoms with van der Waals surface area (Å²) in [6, 6.07) is 19.1. The molecule has 2 aromatic rings. The van der Waals surface area contributed by atoms with Gasteiger partial charge >= 0.3 is 0 Å². The molecule has 0 amide bonds. The first kappa shape index (κ1) is 13.8. The molecule has 2 heteroatoms. The maximum atomic E-state index is 3.70. The van der Waals surface area contributed by atoms with Crippen LogP contribution < -0.4 is 0 Å². The monoisotopic (exact) mass is 388 g/mol. The zero-order valence-electron chi connectivity index (χ0n) is 10.9. The van der Waals surface area contributed by atoms with Crippen molar-refractivity contribution in [2.45, 2.75) is 9.65 Å². The molecule has 0 N–H and O–H groups in total. The van der Waals surface area contributed by atoms with Gasteiger partial charge in [0, 0.05) is 6.42 Å². The smallest absolute Gasteiger partial charge is 0.0677 e. The Morgan fingerprint density at radius 1 is 0.800 bits per heavy atom. The fourth-order valence-electron chi connectivity index (χ4n) is 2.49. The summed E-state index contributed by atoms with van der Waals surface area (Å²) in [4.78, 5) is 0. The lowest BCUT2D eigenvalue weighted by atomic mass is 9.90. The van der Waals surface area contributed by atoms with Crippen molar-refractivity contribution in [2.75, 3.05) is 0 Å². The summed E-state index contributed by atoms with van der Waals surface area (Å²) in [6.07, 6.45) is 7.35. The summed E-state index contributed by atoms with van der Waals surface area (Å²) in [6.45, 7) is 0. The van der Waals surface area contributed by atoms with Crippen LogP contribution in [-0.4, -0.2) is 3.23 Å². The highest BCUT2D eigenvalue weighted by Crippen LogP contribution is 2.42. The average molecular weight is 390 g/mol. The van der Waals surface area contributed by atoms with E-state index in [9.17, 15) is 0 Å². The molecule has 0 atom stereocenters. The molecule has 1 aliphatic rings. The van der Waals surface area contributed by atoms with Gasteiger partial charge in [-0.2, -0.15) is 0 Å². The van der Waals surface area contributed by atoms with Crippen molar-refractivity contribution in [3.05, 3.63) is 78.4 Å². The maximum Gasteiger partial charge on any atom is 0.103 e. The molecular weight excluding hydrogens is 376 g/mol. The highest BCUT2D eigenvalue weighted by atomic mass is 79.9. The molecule has 100 valence electrons. The van der Waals surface area contributed by atoms with E-state index in [2.05, 4.69) is 105 Å². The number of allylic oxidation sites excluding steroid dienone is 4. The molecule has 0 aliphatic heterocycles. The number of alkyl halides is 2. The molecule has 2 aromatic carbocycles. The van der Waals surface area contributed by atoms with E-state index in [0.29, 0.717) is 0 Å². The zero-order chi connectivity index (χ0) is 14.0. The second-order valence-corrected chi connectivity index (χ2v) is 8.79. The first-order valence-electron chi connectivity index (χ1n) is 6.57. The summed E-state index contributed by atoms with van der Waals surface area (Å²) in [5, 5.41) is 0. The Kier molecular flexibility index (Phi) is 3.95. The topological polar surface area (TPSA) is 0 Å². The molecule has 0 fully saturated rings. The third-order valence-corrected chi connectivity index (χ3v) is 4.51. The van der Waals surface area contributed by atoms with Gasteiger partial charge in [-0.15, -0.1) is 0 Å². The van der Waals surface area contributed by atoms with E-state index in [4.69, 9.17) is 0 Å². The molecule has 3 rings (SSSR count). The number of benzene rings is 2. The van der Waals surface area contributed by atoms with Gasteiger partial charge in [0.1, 0.15) is 3.23 Å². The van der Waals surface area contributed by atoms with Crippen LogP contribution in [0.2, 0.25) is 0 Å². The van der Waals surface area contributed by atoms with Gasteiger partial charge in [-0.1, -0.05) is 105 Å². The van der Waals surface area contributed by atoms with Crippen molar-refractivity contribution >= 4 is 37.4 Å². The standard InChI is InChI=1S/C18H14Br2/c19-18(20)12-6-9-15(13-18)17-11-5-4-10-16(17)14-7-2-1-3-8-14/h1-12H,13H2. The minimum absolute atomic E-state index is 0.131. The van der Waals surface area contributed by atoms with Crippen molar-refractivity contribution in [3.63, 3.8) is 0 Å². The Morgan fingerprint density at radius 3 is 2.15 bits per heavy atom. The fraction of sp³-hybridized carbons (Fsp3) is 0.111. The van der Waals surface area contributed by atoms with Gasteiger partial charge < -0.3 is 0 Å². The molecule has 0 heterocycles. The average Bonchev–Trinajstić information content (AvgIpc) is 2.47. The largest absolute Gasteiger partial charge is 0.103 e. The first-order valence-corrected chi connectivity index (χ1v) is 8.15. The van der Waals surface area contributed by atoms with Crippen LogP contribution in [0.15, 0.2) is 72.8 Å². The lowest BCUT2D eigenvalue weighted by Gasteiger charge is -2.23. The molecule has 1 aliphatic carbocycles. The van der Waals surface area contributed by atoms with Crippen LogP contribution in [0.25, 0.3) is 16.7 Å². The molecule has 0 bridgehead atoms. The van der Waals surface area contributed by atoms with Crippen molar-refractivity contribution in [1.29, 1.82) is 0 Å². The van der Waals surface area contributed by atoms with Crippen LogP contribution in [0.5, 0.6) is 0 Å². The third kappa shape index (κ3) is 2.97. The van der Waals surface area contributed by atoms with E-state index in [1.165, 1.54) is 22.3 Å². The number of hydrogen-bond donors (Lipinski definition) is 0. The summed E-state index contributed by atoms with van der Waals surface area (Å²) in [5.74, 6) is 0. The van der Waals surface area contributed by atoms with Crippen LogP contribution in [0, 0.1) is 0 Å². The number of halogens is 2. The minimum Gasteiger partial charge on any atom is -0.0677 e. The number of hydrogen-bond acceptors (Lipinski definition) is 0. The second-order valence-electron chi connectivity index (χ2n) is 4.90. The van der Waals surface area contributed by atoms with E-state index < -0.39 is 0 Å². The molecule has 0 aromatic heterocycles. The summed E-state index contributed by atoms with van der Waals surface area (Å²) < 4.78 is -0.131. The molecule has 0 unspecified atom stereocenters. The Labute approximate surface area is 136 Å². The van der Waals surface area contributed by atoms with Crippen LogP contribution in [0.4, 0.5) is 0 Å². The molecular formula is C18H14Br2. The van der Waals surface area contributed by atoms with Gasteiger partial charge in [0.15, 0.2) is 0 Å². The van der Waals surface area contributed by atoms with E-state index in [-0.39, 0.29) is 3.23 Å². The van der Waals surface area contributed by atoms with Gasteiger partial charge in [0.05, 0.1) is 0 Å². The summed E-state index contributed by atoms with van der Waals surface area (Å²) >= 11 is 7.40. The van der Waals surface area contributed by atoms with Crippen molar-refractivity contribution in [3.8, 4) is 11.1 Å². The summed E-state index contributed by atoms with van der Waals surface area (Å²) in [7, 11) is 0. The van der Waals surface area contributed by atoms with E-state index in [1.807, 2.05) is 0 Å². The Bertz CT molecular complexity index is 667. The van der Waals surface area contributed by atoms with Crippen molar-refractivity contribution < 1.29 is 0 Å². The first-order chi connectivity index (χ1) is 9.66. The molecule has 0 saturated heterocycles. The SMILES string of the molecule is BrC1(Br)C=CC=C(c2ccccc2-c2ccccc2)C1. The predicted molar refractivity (Wildman–Crippen MR) is 94.2 cm³/mol. The fourth-order valence-corrected chi connectivity index (χ4v) is 3.40. The van der Waals surface area contributed by atoms with Gasteiger partial charge in [-0.25, -0.2) is 0 Å². The third-order valence-electron chi connectivity index (χ3n) is 3.42. The molecule has 0 nitrogen and oxygen atoms in total. The van der Waals surface area contributed by atoms with Crippen LogP contribution in [0.1, 0.15) is 12.0 Å². The van der Waals surface area contributed by atoms with Crippen LogP contribution in [-0.2, 0) is 0 Å². The Morgan fingerprint density at radius 2 is 1.45 bits per heavy atom. The van der Waals surface area contributed by atoms with Gasteiger partial charge in [-0.05, 0) is 22.3 Å². The quantitative estimate of drug-likeness (QED) is 0.537. The van der Waals surface area contributed by atoms with Gasteiger partial charge in [0.2, 0.25) is 0 Å². The normalized spacial score (nSPS) is 16.8. The number of rotatable bonds is 2. The molecule has 20 heavy (non-hydrogen) atoms. The second kappa shape index (κ2) is 5.71. The maximum absolute atomic E-state index is 3.70. The summed E-state index contributed by atoms with van der Waals surface area (Å²) in [5.41, 5.74) is 5.17. The lowest BCUT2D eigenvalue weighted by molar-refractivity contribution is 1.04. The molecule has 0 saturated carbocycles.